The maximum atomic E-state index is 12.6. The Morgan fingerprint density at radius 3 is 2.87 bits per heavy atom. The van der Waals surface area contributed by atoms with Crippen molar-refractivity contribution in [3.8, 4) is 0 Å². The van der Waals surface area contributed by atoms with Crippen LogP contribution < -0.4 is 5.56 Å². The van der Waals surface area contributed by atoms with Gasteiger partial charge in [-0.25, -0.2) is 0 Å². The zero-order valence-electron chi connectivity index (χ0n) is 12.2. The summed E-state index contributed by atoms with van der Waals surface area (Å²) in [6.07, 6.45) is 0. The first kappa shape index (κ1) is 14.3. The van der Waals surface area contributed by atoms with Gasteiger partial charge in [-0.05, 0) is 19.1 Å². The smallest absolute Gasteiger partial charge is 0.262 e. The zero-order chi connectivity index (χ0) is 15.8. The lowest BCUT2D eigenvalue weighted by atomic mass is 10.2. The second-order valence-corrected chi connectivity index (χ2v) is 6.87. The van der Waals surface area contributed by atoms with Crippen LogP contribution in [0.2, 0.25) is 0 Å². The molecule has 3 heterocycles. The van der Waals surface area contributed by atoms with Gasteiger partial charge in [0.1, 0.15) is 11.3 Å². The van der Waals surface area contributed by atoms with Crippen LogP contribution in [0, 0.1) is 0 Å². The minimum atomic E-state index is -0.0358. The maximum Gasteiger partial charge on any atom is 0.262 e. The molecule has 0 aliphatic heterocycles. The first-order chi connectivity index (χ1) is 11.3. The first-order valence-corrected chi connectivity index (χ1v) is 8.90. The van der Waals surface area contributed by atoms with E-state index in [2.05, 4.69) is 20.4 Å². The molecule has 23 heavy (non-hydrogen) atoms. The van der Waals surface area contributed by atoms with Gasteiger partial charge in [0.2, 0.25) is 5.78 Å². The van der Waals surface area contributed by atoms with Gasteiger partial charge in [-0.3, -0.25) is 13.8 Å². The van der Waals surface area contributed by atoms with E-state index in [9.17, 15) is 4.79 Å². The summed E-state index contributed by atoms with van der Waals surface area (Å²) in [5.74, 6) is 1.98. The number of benzene rings is 1. The molecule has 0 fully saturated rings. The minimum absolute atomic E-state index is 0.0358. The lowest BCUT2D eigenvalue weighted by Gasteiger charge is -2.09. The van der Waals surface area contributed by atoms with E-state index >= 15 is 0 Å². The minimum Gasteiger partial charge on any atom is -0.277 e. The molecule has 0 saturated heterocycles. The fraction of sp³-hybridized carbons (Fsp3) is 0.214. The monoisotopic (exact) mass is 344 g/mol. The molecular formula is C14H12N6OS2. The van der Waals surface area contributed by atoms with Crippen LogP contribution in [0.4, 0.5) is 0 Å². The number of hydrogen-bond acceptors (Lipinski definition) is 7. The fourth-order valence-electron chi connectivity index (χ4n) is 2.55. The molecule has 9 heteroatoms. The van der Waals surface area contributed by atoms with Crippen LogP contribution in [-0.2, 0) is 12.3 Å². The largest absolute Gasteiger partial charge is 0.277 e. The van der Waals surface area contributed by atoms with E-state index in [1.54, 1.807) is 21.8 Å². The molecule has 0 amide bonds. The van der Waals surface area contributed by atoms with Gasteiger partial charge in [-0.2, -0.15) is 0 Å². The molecule has 0 unspecified atom stereocenters. The molecule has 0 atom stereocenters. The number of rotatable bonds is 4. The van der Waals surface area contributed by atoms with Gasteiger partial charge >= 0.3 is 0 Å². The molecule has 0 radical (unpaired) electrons. The third-order valence-corrected chi connectivity index (χ3v) is 5.41. The van der Waals surface area contributed by atoms with E-state index in [1.807, 2.05) is 35.6 Å². The van der Waals surface area contributed by atoms with Gasteiger partial charge in [0, 0.05) is 6.54 Å². The van der Waals surface area contributed by atoms with Crippen LogP contribution >= 0.6 is 23.1 Å². The van der Waals surface area contributed by atoms with Gasteiger partial charge in [0.15, 0.2) is 4.34 Å². The van der Waals surface area contributed by atoms with Crippen molar-refractivity contribution in [2.45, 2.75) is 23.6 Å². The molecule has 0 aliphatic rings. The summed E-state index contributed by atoms with van der Waals surface area (Å²) in [5.41, 5.74) is 2.50. The molecule has 4 rings (SSSR count). The van der Waals surface area contributed by atoms with Crippen molar-refractivity contribution in [3.63, 3.8) is 0 Å². The quantitative estimate of drug-likeness (QED) is 0.528. The van der Waals surface area contributed by atoms with Crippen molar-refractivity contribution in [1.82, 2.24) is 29.4 Å². The Balaban J connectivity index is 1.93. The summed E-state index contributed by atoms with van der Waals surface area (Å²) in [7, 11) is 0. The van der Waals surface area contributed by atoms with Crippen LogP contribution in [-0.4, -0.2) is 29.4 Å². The van der Waals surface area contributed by atoms with Crippen LogP contribution in [0.5, 0.6) is 0 Å². The highest BCUT2D eigenvalue weighted by molar-refractivity contribution is 8.00. The first-order valence-electron chi connectivity index (χ1n) is 7.04. The number of fused-ring (bicyclic) bond motifs is 3. The van der Waals surface area contributed by atoms with Crippen LogP contribution in [0.1, 0.15) is 12.7 Å². The molecule has 0 bridgehead atoms. The number of thioether (sulfide) groups is 1. The Hall–Kier alpha value is -2.26. The summed E-state index contributed by atoms with van der Waals surface area (Å²) in [4.78, 5) is 12.6. The van der Waals surface area contributed by atoms with Crippen molar-refractivity contribution in [2.24, 2.45) is 0 Å². The van der Waals surface area contributed by atoms with Crippen LogP contribution in [0.25, 0.3) is 16.7 Å². The van der Waals surface area contributed by atoms with Crippen LogP contribution in [0.15, 0.2) is 38.9 Å². The van der Waals surface area contributed by atoms with Gasteiger partial charge < -0.3 is 0 Å². The van der Waals surface area contributed by atoms with Gasteiger partial charge in [0.25, 0.3) is 5.56 Å². The SMILES string of the molecule is CCn1c(=O)c2ccccc2n2c(CSc3nncs3)nnc12. The van der Waals surface area contributed by atoms with E-state index < -0.39 is 0 Å². The van der Waals surface area contributed by atoms with E-state index in [4.69, 9.17) is 0 Å². The molecule has 4 aromatic rings. The lowest BCUT2D eigenvalue weighted by Crippen LogP contribution is -2.22. The Morgan fingerprint density at radius 2 is 2.09 bits per heavy atom. The Kier molecular flexibility index (Phi) is 3.58. The standard InChI is InChI=1S/C14H12N6OS2/c1-2-19-12(21)9-5-3-4-6-10(9)20-11(16-17-13(19)20)7-22-14-18-15-8-23-14/h3-6,8H,2,7H2,1H3. The number of nitrogens with zero attached hydrogens (tertiary/aromatic N) is 6. The highest BCUT2D eigenvalue weighted by Crippen LogP contribution is 2.24. The number of aryl methyl sites for hydroxylation is 1. The van der Waals surface area contributed by atoms with Crippen molar-refractivity contribution in [3.05, 3.63) is 46.0 Å². The average molecular weight is 344 g/mol. The maximum absolute atomic E-state index is 12.6. The molecule has 1 aromatic carbocycles. The number of aromatic nitrogens is 6. The van der Waals surface area contributed by atoms with Crippen molar-refractivity contribution in [2.75, 3.05) is 0 Å². The Morgan fingerprint density at radius 1 is 1.22 bits per heavy atom. The van der Waals surface area contributed by atoms with E-state index in [0.717, 1.165) is 15.7 Å². The van der Waals surface area contributed by atoms with Gasteiger partial charge in [-0.15, -0.1) is 20.4 Å². The third-order valence-electron chi connectivity index (χ3n) is 3.56. The molecule has 0 aliphatic carbocycles. The van der Waals surface area contributed by atoms with Gasteiger partial charge in [0.05, 0.1) is 16.7 Å². The normalized spacial score (nSPS) is 11.5. The van der Waals surface area contributed by atoms with E-state index in [-0.39, 0.29) is 5.56 Å². The third kappa shape index (κ3) is 2.32. The predicted molar refractivity (Wildman–Crippen MR) is 89.9 cm³/mol. The average Bonchev–Trinajstić information content (AvgIpc) is 3.23. The Bertz CT molecular complexity index is 1040. The van der Waals surface area contributed by atoms with E-state index in [1.165, 1.54) is 11.3 Å². The second kappa shape index (κ2) is 5.74. The summed E-state index contributed by atoms with van der Waals surface area (Å²) in [5, 5.41) is 17.0. The Labute approximate surface area is 139 Å². The lowest BCUT2D eigenvalue weighted by molar-refractivity contribution is 0.735. The summed E-state index contributed by atoms with van der Waals surface area (Å²) < 4.78 is 4.48. The predicted octanol–water partition coefficient (Wildman–Crippen LogP) is 2.21. The highest BCUT2D eigenvalue weighted by Gasteiger charge is 2.15. The zero-order valence-corrected chi connectivity index (χ0v) is 13.8. The summed E-state index contributed by atoms with van der Waals surface area (Å²) >= 11 is 3.05. The van der Waals surface area contributed by atoms with E-state index in [0.29, 0.717) is 23.5 Å². The molecule has 3 aromatic heterocycles. The fourth-order valence-corrected chi connectivity index (χ4v) is 3.95. The summed E-state index contributed by atoms with van der Waals surface area (Å²) in [6.45, 7) is 2.48. The van der Waals surface area contributed by atoms with Gasteiger partial charge in [-0.1, -0.05) is 35.2 Å². The molecule has 0 saturated carbocycles. The van der Waals surface area contributed by atoms with Crippen molar-refractivity contribution in [1.29, 1.82) is 0 Å². The highest BCUT2D eigenvalue weighted by atomic mass is 32.2. The molecule has 7 nitrogen and oxygen atoms in total. The number of para-hydroxylation sites is 1. The number of hydrogen-bond donors (Lipinski definition) is 0. The second-order valence-electron chi connectivity index (χ2n) is 4.81. The molecule has 0 spiro atoms. The summed E-state index contributed by atoms with van der Waals surface area (Å²) in [6, 6.07) is 7.55. The molecular weight excluding hydrogens is 332 g/mol. The van der Waals surface area contributed by atoms with Crippen molar-refractivity contribution < 1.29 is 0 Å². The molecule has 0 N–H and O–H groups in total. The topological polar surface area (TPSA) is 78.0 Å². The molecule has 116 valence electrons. The van der Waals surface area contributed by atoms with Crippen molar-refractivity contribution >= 4 is 39.8 Å². The van der Waals surface area contributed by atoms with Crippen LogP contribution in [0.3, 0.4) is 0 Å².